The Morgan fingerprint density at radius 3 is 2.58 bits per heavy atom. The topological polar surface area (TPSA) is 35.6 Å². The molecule has 1 amide bonds. The molecule has 1 aliphatic rings. The Balaban J connectivity index is 1.78. The molecule has 0 aliphatic carbocycles. The molecule has 138 valence electrons. The zero-order valence-corrected chi connectivity index (χ0v) is 15.9. The summed E-state index contributed by atoms with van der Waals surface area (Å²) in [6.45, 7) is 3.61. The summed E-state index contributed by atoms with van der Waals surface area (Å²) in [5.74, 6) is -0.826. The van der Waals surface area contributed by atoms with Gasteiger partial charge in [-0.25, -0.2) is 4.39 Å². The number of nitrogens with zero attached hydrogens (tertiary/aromatic N) is 2. The van der Waals surface area contributed by atoms with E-state index in [9.17, 15) is 9.18 Å². The molecule has 1 heterocycles. The van der Waals surface area contributed by atoms with Crippen LogP contribution in [0.25, 0.3) is 0 Å². The number of piperazine rings is 1. The van der Waals surface area contributed by atoms with Gasteiger partial charge < -0.3 is 15.1 Å². The summed E-state index contributed by atoms with van der Waals surface area (Å²) in [6.07, 6.45) is -0.139. The van der Waals surface area contributed by atoms with Gasteiger partial charge in [0.15, 0.2) is 0 Å². The highest BCUT2D eigenvalue weighted by Gasteiger charge is 2.19. The number of hydrogen-bond acceptors (Lipinski definition) is 3. The molecule has 0 aromatic heterocycles. The highest BCUT2D eigenvalue weighted by atomic mass is 35.5. The SMILES string of the molecule is CN1CCN(c2ccc(Cl)cc2NC(=O)Cc2c(F)cccc2Cl)CC1. The fourth-order valence-electron chi connectivity index (χ4n) is 2.99. The second-order valence-electron chi connectivity index (χ2n) is 6.38. The van der Waals surface area contributed by atoms with Crippen LogP contribution in [0.4, 0.5) is 15.8 Å². The molecule has 7 heteroatoms. The van der Waals surface area contributed by atoms with Gasteiger partial charge in [-0.3, -0.25) is 4.79 Å². The predicted octanol–water partition coefficient (Wildman–Crippen LogP) is 4.07. The second kappa shape index (κ2) is 8.25. The molecule has 1 fully saturated rings. The minimum Gasteiger partial charge on any atom is -0.367 e. The maximum absolute atomic E-state index is 13.9. The number of benzene rings is 2. The fraction of sp³-hybridized carbons (Fsp3) is 0.316. The van der Waals surface area contributed by atoms with Gasteiger partial charge in [0, 0.05) is 41.8 Å². The number of amides is 1. The third-order valence-corrected chi connectivity index (χ3v) is 5.06. The lowest BCUT2D eigenvalue weighted by Crippen LogP contribution is -2.44. The summed E-state index contributed by atoms with van der Waals surface area (Å²) in [5, 5.41) is 3.63. The largest absolute Gasteiger partial charge is 0.367 e. The van der Waals surface area contributed by atoms with Gasteiger partial charge in [0.05, 0.1) is 17.8 Å². The Kier molecular flexibility index (Phi) is 6.01. The normalized spacial score (nSPS) is 15.2. The molecule has 0 spiro atoms. The monoisotopic (exact) mass is 395 g/mol. The number of nitrogens with one attached hydrogen (secondary N) is 1. The first-order valence-corrected chi connectivity index (χ1v) is 9.15. The van der Waals surface area contributed by atoms with Crippen LogP contribution in [0.15, 0.2) is 36.4 Å². The van der Waals surface area contributed by atoms with Crippen LogP contribution in [-0.2, 0) is 11.2 Å². The van der Waals surface area contributed by atoms with Crippen molar-refractivity contribution in [3.8, 4) is 0 Å². The molecular formula is C19H20Cl2FN3O. The average Bonchev–Trinajstić information content (AvgIpc) is 2.59. The molecular weight excluding hydrogens is 376 g/mol. The molecule has 4 nitrogen and oxygen atoms in total. The van der Waals surface area contributed by atoms with Gasteiger partial charge in [-0.2, -0.15) is 0 Å². The third-order valence-electron chi connectivity index (χ3n) is 4.48. The van der Waals surface area contributed by atoms with Crippen LogP contribution in [0.3, 0.4) is 0 Å². The van der Waals surface area contributed by atoms with Gasteiger partial charge in [0.2, 0.25) is 5.91 Å². The molecule has 2 aromatic carbocycles. The number of hydrogen-bond donors (Lipinski definition) is 1. The van der Waals surface area contributed by atoms with Crippen LogP contribution in [-0.4, -0.2) is 44.0 Å². The summed E-state index contributed by atoms with van der Waals surface area (Å²) in [6, 6.07) is 9.81. The van der Waals surface area contributed by atoms with Gasteiger partial charge in [0.25, 0.3) is 0 Å². The highest BCUT2D eigenvalue weighted by Crippen LogP contribution is 2.30. The summed E-state index contributed by atoms with van der Waals surface area (Å²) in [7, 11) is 2.08. The van der Waals surface area contributed by atoms with E-state index in [0.717, 1.165) is 31.9 Å². The standard InChI is InChI=1S/C19H20Cl2FN3O/c1-24-7-9-25(10-8-24)18-6-5-13(20)11-17(18)23-19(26)12-14-15(21)3-2-4-16(14)22/h2-6,11H,7-10,12H2,1H3,(H,23,26). The molecule has 3 rings (SSSR count). The van der Waals surface area contributed by atoms with Crippen molar-refractivity contribution < 1.29 is 9.18 Å². The summed E-state index contributed by atoms with van der Waals surface area (Å²) < 4.78 is 13.9. The third kappa shape index (κ3) is 4.47. The van der Waals surface area contributed by atoms with Gasteiger partial charge in [-0.15, -0.1) is 0 Å². The van der Waals surface area contributed by atoms with Gasteiger partial charge in [0.1, 0.15) is 5.82 Å². The molecule has 0 unspecified atom stereocenters. The first-order valence-electron chi connectivity index (χ1n) is 8.40. The van der Waals surface area contributed by atoms with Gasteiger partial charge >= 0.3 is 0 Å². The van der Waals surface area contributed by atoms with Crippen molar-refractivity contribution in [2.24, 2.45) is 0 Å². The maximum Gasteiger partial charge on any atom is 0.229 e. The van der Waals surface area contributed by atoms with Gasteiger partial charge in [-0.05, 0) is 37.4 Å². The minimum absolute atomic E-state index is 0.139. The fourth-order valence-corrected chi connectivity index (χ4v) is 3.39. The first kappa shape index (κ1) is 19.0. The van der Waals surface area contributed by atoms with Crippen molar-refractivity contribution in [1.29, 1.82) is 0 Å². The van der Waals surface area contributed by atoms with Crippen molar-refractivity contribution in [3.63, 3.8) is 0 Å². The summed E-state index contributed by atoms with van der Waals surface area (Å²) >= 11 is 12.1. The van der Waals surface area contributed by atoms with Crippen LogP contribution in [0, 0.1) is 5.82 Å². The molecule has 0 radical (unpaired) electrons. The van der Waals surface area contributed by atoms with Gasteiger partial charge in [-0.1, -0.05) is 29.3 Å². The molecule has 2 aromatic rings. The quantitative estimate of drug-likeness (QED) is 0.847. The molecule has 0 saturated carbocycles. The number of carbonyl (C=O) groups is 1. The number of likely N-dealkylation sites (N-methyl/N-ethyl adjacent to an activating group) is 1. The zero-order chi connectivity index (χ0) is 18.7. The van der Waals surface area contributed by atoms with E-state index in [-0.39, 0.29) is 22.9 Å². The van der Waals surface area contributed by atoms with E-state index in [2.05, 4.69) is 22.2 Å². The number of carbonyl (C=O) groups excluding carboxylic acids is 1. The van der Waals surface area contributed by atoms with E-state index < -0.39 is 5.82 Å². The molecule has 1 aliphatic heterocycles. The van der Waals surface area contributed by atoms with Crippen molar-refractivity contribution in [3.05, 3.63) is 57.8 Å². The Morgan fingerprint density at radius 2 is 1.88 bits per heavy atom. The molecule has 1 N–H and O–H groups in total. The maximum atomic E-state index is 13.9. The molecule has 0 bridgehead atoms. The lowest BCUT2D eigenvalue weighted by Gasteiger charge is -2.35. The zero-order valence-electron chi connectivity index (χ0n) is 14.4. The average molecular weight is 396 g/mol. The summed E-state index contributed by atoms with van der Waals surface area (Å²) in [4.78, 5) is 16.9. The lowest BCUT2D eigenvalue weighted by atomic mass is 10.1. The number of halogens is 3. The first-order chi connectivity index (χ1) is 12.4. The lowest BCUT2D eigenvalue weighted by molar-refractivity contribution is -0.115. The van der Waals surface area contributed by atoms with Crippen molar-refractivity contribution in [1.82, 2.24) is 4.90 Å². The molecule has 26 heavy (non-hydrogen) atoms. The van der Waals surface area contributed by atoms with Crippen molar-refractivity contribution in [2.75, 3.05) is 43.4 Å². The second-order valence-corrected chi connectivity index (χ2v) is 7.22. The molecule has 0 atom stereocenters. The Labute approximate surface area is 162 Å². The predicted molar refractivity (Wildman–Crippen MR) is 105 cm³/mol. The summed E-state index contributed by atoms with van der Waals surface area (Å²) in [5.41, 5.74) is 1.73. The van der Waals surface area contributed by atoms with E-state index in [4.69, 9.17) is 23.2 Å². The van der Waals surface area contributed by atoms with E-state index >= 15 is 0 Å². The van der Waals surface area contributed by atoms with E-state index in [1.54, 1.807) is 18.2 Å². The Morgan fingerprint density at radius 1 is 1.15 bits per heavy atom. The van der Waals surface area contributed by atoms with Crippen LogP contribution in [0.1, 0.15) is 5.56 Å². The number of anilines is 2. The Bertz CT molecular complexity index is 787. The van der Waals surface area contributed by atoms with Crippen LogP contribution in [0.5, 0.6) is 0 Å². The van der Waals surface area contributed by atoms with Crippen LogP contribution in [0.2, 0.25) is 10.0 Å². The smallest absolute Gasteiger partial charge is 0.229 e. The Hall–Kier alpha value is -1.82. The highest BCUT2D eigenvalue weighted by molar-refractivity contribution is 6.32. The van der Waals surface area contributed by atoms with Crippen LogP contribution < -0.4 is 10.2 Å². The van der Waals surface area contributed by atoms with E-state index in [1.807, 2.05) is 6.07 Å². The van der Waals surface area contributed by atoms with E-state index in [0.29, 0.717) is 10.7 Å². The van der Waals surface area contributed by atoms with Crippen molar-refractivity contribution in [2.45, 2.75) is 6.42 Å². The molecule has 1 saturated heterocycles. The number of rotatable bonds is 4. The van der Waals surface area contributed by atoms with Crippen molar-refractivity contribution >= 4 is 40.5 Å². The minimum atomic E-state index is -0.488. The van der Waals surface area contributed by atoms with Crippen LogP contribution >= 0.6 is 23.2 Å². The van der Waals surface area contributed by atoms with E-state index in [1.165, 1.54) is 12.1 Å².